The number of benzene rings is 1. The third kappa shape index (κ3) is 1.56. The molecule has 0 saturated carbocycles. The van der Waals surface area contributed by atoms with Gasteiger partial charge in [-0.2, -0.15) is 5.26 Å². The molecule has 13 heavy (non-hydrogen) atoms. The van der Waals surface area contributed by atoms with Crippen molar-refractivity contribution in [3.8, 4) is 6.07 Å². The number of nitrogens with zero attached hydrogens (tertiary/aromatic N) is 1. The van der Waals surface area contributed by atoms with Crippen molar-refractivity contribution in [1.82, 2.24) is 0 Å². The van der Waals surface area contributed by atoms with Crippen molar-refractivity contribution in [2.75, 3.05) is 5.73 Å². The Morgan fingerprint density at radius 3 is 2.62 bits per heavy atom. The van der Waals surface area contributed by atoms with Crippen molar-refractivity contribution >= 4 is 11.7 Å². The molecule has 0 bridgehead atoms. The molecule has 0 aliphatic rings. The third-order valence-electron chi connectivity index (χ3n) is 1.46. The molecule has 4 nitrogen and oxygen atoms in total. The summed E-state index contributed by atoms with van der Waals surface area (Å²) < 4.78 is 12.9. The van der Waals surface area contributed by atoms with E-state index in [-0.39, 0.29) is 11.3 Å². The molecule has 0 spiro atoms. The summed E-state index contributed by atoms with van der Waals surface area (Å²) in [5.74, 6) is -2.44. The summed E-state index contributed by atoms with van der Waals surface area (Å²) in [7, 11) is 0. The summed E-state index contributed by atoms with van der Waals surface area (Å²) in [6.45, 7) is 0. The highest BCUT2D eigenvalue weighted by Gasteiger charge is 2.15. The number of carbonyl (C=O) groups is 1. The molecule has 0 saturated heterocycles. The Labute approximate surface area is 73.0 Å². The van der Waals surface area contributed by atoms with E-state index in [1.807, 2.05) is 0 Å². The number of hydrogen-bond donors (Lipinski definition) is 2. The van der Waals surface area contributed by atoms with Crippen LogP contribution in [0.4, 0.5) is 10.1 Å². The minimum atomic E-state index is -1.44. The van der Waals surface area contributed by atoms with Gasteiger partial charge in [0.2, 0.25) is 0 Å². The number of nitrogen functional groups attached to an aromatic ring is 1. The van der Waals surface area contributed by atoms with Gasteiger partial charge in [-0.1, -0.05) is 0 Å². The van der Waals surface area contributed by atoms with Crippen LogP contribution < -0.4 is 5.73 Å². The summed E-state index contributed by atoms with van der Waals surface area (Å²) in [6.07, 6.45) is 0. The van der Waals surface area contributed by atoms with Crippen LogP contribution in [0.1, 0.15) is 15.9 Å². The topological polar surface area (TPSA) is 87.1 Å². The molecule has 0 unspecified atom stereocenters. The minimum Gasteiger partial charge on any atom is -0.478 e. The van der Waals surface area contributed by atoms with Crippen molar-refractivity contribution in [3.63, 3.8) is 0 Å². The molecule has 3 N–H and O–H groups in total. The monoisotopic (exact) mass is 180 g/mol. The molecular weight excluding hydrogens is 175 g/mol. The van der Waals surface area contributed by atoms with Crippen molar-refractivity contribution < 1.29 is 14.3 Å². The van der Waals surface area contributed by atoms with Crippen molar-refractivity contribution in [1.29, 1.82) is 5.26 Å². The van der Waals surface area contributed by atoms with Crippen molar-refractivity contribution in [2.45, 2.75) is 0 Å². The largest absolute Gasteiger partial charge is 0.478 e. The van der Waals surface area contributed by atoms with E-state index in [9.17, 15) is 9.18 Å². The lowest BCUT2D eigenvalue weighted by molar-refractivity contribution is 0.0693. The second-order valence-electron chi connectivity index (χ2n) is 2.34. The molecule has 0 fully saturated rings. The molecule has 1 aromatic rings. The molecule has 0 heterocycles. The van der Waals surface area contributed by atoms with E-state index in [0.717, 1.165) is 12.1 Å². The van der Waals surface area contributed by atoms with Crippen LogP contribution in [0, 0.1) is 17.1 Å². The minimum absolute atomic E-state index is 0.000000000000000222. The quantitative estimate of drug-likeness (QED) is 0.630. The van der Waals surface area contributed by atoms with Crippen LogP contribution in [0.15, 0.2) is 12.1 Å². The standard InChI is InChI=1S/C8H5FN2O2/c9-5-1-4(3-10)2-6(11)7(5)8(12)13/h1-2H,11H2,(H,12,13). The van der Waals surface area contributed by atoms with E-state index in [0.29, 0.717) is 0 Å². The highest BCUT2D eigenvalue weighted by Crippen LogP contribution is 2.18. The molecule has 5 heteroatoms. The zero-order chi connectivity index (χ0) is 10.0. The lowest BCUT2D eigenvalue weighted by Crippen LogP contribution is -2.06. The molecule has 0 aliphatic heterocycles. The maximum Gasteiger partial charge on any atom is 0.340 e. The number of anilines is 1. The number of carboxylic acid groups (broad SMARTS) is 1. The first kappa shape index (κ1) is 9.00. The Kier molecular flexibility index (Phi) is 2.15. The van der Waals surface area contributed by atoms with Gasteiger partial charge in [-0.25, -0.2) is 9.18 Å². The SMILES string of the molecule is N#Cc1cc(N)c(C(=O)O)c(F)c1. The van der Waals surface area contributed by atoms with Crippen LogP contribution >= 0.6 is 0 Å². The molecule has 0 atom stereocenters. The summed E-state index contributed by atoms with van der Waals surface area (Å²) in [6, 6.07) is 3.61. The molecule has 1 rings (SSSR count). The molecular formula is C8H5FN2O2. The average molecular weight is 180 g/mol. The first-order chi connectivity index (χ1) is 6.06. The first-order valence-electron chi connectivity index (χ1n) is 3.28. The summed E-state index contributed by atoms with van der Waals surface area (Å²) >= 11 is 0. The average Bonchev–Trinajstić information content (AvgIpc) is 2.02. The highest BCUT2D eigenvalue weighted by molar-refractivity contribution is 5.94. The predicted octanol–water partition coefficient (Wildman–Crippen LogP) is 0.978. The molecule has 0 aliphatic carbocycles. The highest BCUT2D eigenvalue weighted by atomic mass is 19.1. The van der Waals surface area contributed by atoms with Gasteiger partial charge in [0.05, 0.1) is 17.3 Å². The molecule has 0 aromatic heterocycles. The predicted molar refractivity (Wildman–Crippen MR) is 42.5 cm³/mol. The van der Waals surface area contributed by atoms with E-state index in [2.05, 4.69) is 0 Å². The van der Waals surface area contributed by atoms with Crippen molar-refractivity contribution in [3.05, 3.63) is 29.1 Å². The maximum absolute atomic E-state index is 12.9. The summed E-state index contributed by atoms with van der Waals surface area (Å²) in [4.78, 5) is 10.4. The number of aromatic carboxylic acids is 1. The lowest BCUT2D eigenvalue weighted by atomic mass is 10.1. The number of carboxylic acids is 1. The molecule has 1 aromatic carbocycles. The van der Waals surface area contributed by atoms with E-state index in [1.165, 1.54) is 0 Å². The van der Waals surface area contributed by atoms with Gasteiger partial charge >= 0.3 is 5.97 Å². The third-order valence-corrected chi connectivity index (χ3v) is 1.46. The normalized spacial score (nSPS) is 9.23. The van der Waals surface area contributed by atoms with Crippen LogP contribution in [0.3, 0.4) is 0 Å². The van der Waals surface area contributed by atoms with Crippen LogP contribution in [-0.4, -0.2) is 11.1 Å². The Bertz CT molecular complexity index is 386. The van der Waals surface area contributed by atoms with Gasteiger partial charge in [0, 0.05) is 0 Å². The maximum atomic E-state index is 12.9. The zero-order valence-electron chi connectivity index (χ0n) is 6.41. The Morgan fingerprint density at radius 1 is 1.62 bits per heavy atom. The van der Waals surface area contributed by atoms with E-state index < -0.39 is 17.3 Å². The molecule has 66 valence electrons. The van der Waals surface area contributed by atoms with Gasteiger partial charge in [-0.15, -0.1) is 0 Å². The van der Waals surface area contributed by atoms with Crippen LogP contribution in [-0.2, 0) is 0 Å². The fraction of sp³-hybridized carbons (Fsp3) is 0. The van der Waals surface area contributed by atoms with Gasteiger partial charge < -0.3 is 10.8 Å². The van der Waals surface area contributed by atoms with Gasteiger partial charge in [0.25, 0.3) is 0 Å². The zero-order valence-corrected chi connectivity index (χ0v) is 6.41. The summed E-state index contributed by atoms with van der Waals surface area (Å²) in [5.41, 5.74) is 4.38. The van der Waals surface area contributed by atoms with E-state index in [4.69, 9.17) is 16.1 Å². The fourth-order valence-electron chi connectivity index (χ4n) is 0.918. The van der Waals surface area contributed by atoms with Gasteiger partial charge in [0.15, 0.2) is 0 Å². The van der Waals surface area contributed by atoms with Crippen LogP contribution in [0.25, 0.3) is 0 Å². The Balaban J connectivity index is 3.42. The second kappa shape index (κ2) is 3.11. The smallest absolute Gasteiger partial charge is 0.340 e. The molecule has 0 amide bonds. The van der Waals surface area contributed by atoms with E-state index >= 15 is 0 Å². The van der Waals surface area contributed by atoms with Crippen LogP contribution in [0.2, 0.25) is 0 Å². The van der Waals surface area contributed by atoms with Gasteiger partial charge in [0.1, 0.15) is 11.4 Å². The number of hydrogen-bond acceptors (Lipinski definition) is 3. The first-order valence-corrected chi connectivity index (χ1v) is 3.28. The van der Waals surface area contributed by atoms with E-state index in [1.54, 1.807) is 6.07 Å². The Morgan fingerprint density at radius 2 is 2.23 bits per heavy atom. The van der Waals surface area contributed by atoms with Crippen molar-refractivity contribution in [2.24, 2.45) is 0 Å². The van der Waals surface area contributed by atoms with Gasteiger partial charge in [-0.05, 0) is 12.1 Å². The number of nitrogens with two attached hydrogens (primary N) is 1. The van der Waals surface area contributed by atoms with Gasteiger partial charge in [-0.3, -0.25) is 0 Å². The summed E-state index contributed by atoms with van der Waals surface area (Å²) in [5, 5.41) is 16.9. The number of halogens is 1. The number of nitriles is 1. The number of rotatable bonds is 1. The van der Waals surface area contributed by atoms with Crippen LogP contribution in [0.5, 0.6) is 0 Å². The molecule has 0 radical (unpaired) electrons. The fourth-order valence-corrected chi connectivity index (χ4v) is 0.918. The Hall–Kier alpha value is -2.09. The lowest BCUT2D eigenvalue weighted by Gasteiger charge is -2.01. The second-order valence-corrected chi connectivity index (χ2v) is 2.34.